The van der Waals surface area contributed by atoms with Gasteiger partial charge in [0, 0.05) is 6.42 Å². The second kappa shape index (κ2) is 51.8. The molecule has 0 aliphatic rings. The van der Waals surface area contributed by atoms with Crippen molar-refractivity contribution in [2.75, 3.05) is 165 Å². The summed E-state index contributed by atoms with van der Waals surface area (Å²) in [6.07, 6.45) is 19.5. The summed E-state index contributed by atoms with van der Waals surface area (Å²) in [4.78, 5) is 23.6. The fraction of sp³-hybridized carbons (Fsp3) is 0.843. The van der Waals surface area contributed by atoms with Gasteiger partial charge in [-0.25, -0.2) is 13.2 Å². The van der Waals surface area contributed by atoms with E-state index in [2.05, 4.69) is 11.7 Å². The third kappa shape index (κ3) is 41.7. The number of hydrogen-bond donors (Lipinski definition) is 0. The van der Waals surface area contributed by atoms with Crippen molar-refractivity contribution in [1.82, 2.24) is 0 Å². The van der Waals surface area contributed by atoms with Crippen LogP contribution in [0, 0.1) is 29.1 Å². The molecule has 0 radical (unpaired) electrons. The van der Waals surface area contributed by atoms with Crippen LogP contribution in [-0.2, 0) is 71.2 Å². The molecular formula is C51H87F5O16. The van der Waals surface area contributed by atoms with E-state index in [1.54, 1.807) is 0 Å². The van der Waals surface area contributed by atoms with Crippen molar-refractivity contribution in [1.29, 1.82) is 0 Å². The van der Waals surface area contributed by atoms with E-state index in [9.17, 15) is 31.5 Å². The molecule has 0 bridgehead atoms. The average molecular weight is 1050 g/mol. The average Bonchev–Trinajstić information content (AvgIpc) is 3.38. The largest absolute Gasteiger partial charge is 0.463 e. The van der Waals surface area contributed by atoms with Crippen molar-refractivity contribution in [3.63, 3.8) is 0 Å². The SMILES string of the molecule is CCCCCCCCCCCCCCCCCC(=O)OCCOCCOCCOCCOCCOCCOCCOCCOCCOCCOCCOCCOCCC(=O)Oc1c(F)c(F)c(F)c(F)c1F. The number of carbonyl (C=O) groups is 2. The first-order chi connectivity index (χ1) is 35.3. The Bertz CT molecular complexity index is 1380. The van der Waals surface area contributed by atoms with E-state index in [0.717, 1.165) is 12.8 Å². The van der Waals surface area contributed by atoms with E-state index in [1.165, 1.54) is 83.5 Å². The van der Waals surface area contributed by atoms with Gasteiger partial charge in [-0.15, -0.1) is 0 Å². The lowest BCUT2D eigenvalue weighted by atomic mass is 10.0. The first kappa shape index (κ1) is 67.3. The van der Waals surface area contributed by atoms with Crippen molar-refractivity contribution < 1.29 is 97.9 Å². The number of unbranched alkanes of at least 4 members (excludes halogenated alkanes) is 14. The summed E-state index contributed by atoms with van der Waals surface area (Å²) < 4.78 is 141. The first-order valence-electron chi connectivity index (χ1n) is 26.1. The Balaban J connectivity index is 1.67. The molecule has 0 heterocycles. The van der Waals surface area contributed by atoms with Gasteiger partial charge in [-0.1, -0.05) is 96.8 Å². The Labute approximate surface area is 425 Å². The summed E-state index contributed by atoms with van der Waals surface area (Å²) in [6.45, 7) is 11.2. The minimum absolute atomic E-state index is 0.0745. The maximum Gasteiger partial charge on any atom is 0.313 e. The Hall–Kier alpha value is -2.67. The predicted octanol–water partition coefficient (Wildman–Crippen LogP) is 8.68. The standard InChI is InChI=1S/C51H87F5O16/c1-2-3-4-5-6-7-8-9-10-11-12-13-14-15-16-17-44(57)71-43-42-70-41-40-69-39-38-68-37-36-67-35-34-66-33-32-65-31-30-64-29-28-63-27-26-62-25-24-61-23-22-60-21-20-59-19-18-45(58)72-51-49(55)47(53)46(52)48(54)50(51)56/h2-43H2,1H3. The molecule has 0 N–H and O–H groups in total. The molecule has 72 heavy (non-hydrogen) atoms. The molecule has 0 saturated carbocycles. The van der Waals surface area contributed by atoms with Crippen molar-refractivity contribution in [3.05, 3.63) is 29.1 Å². The fourth-order valence-electron chi connectivity index (χ4n) is 6.44. The zero-order valence-electron chi connectivity index (χ0n) is 43.1. The van der Waals surface area contributed by atoms with Crippen LogP contribution in [0.5, 0.6) is 5.75 Å². The van der Waals surface area contributed by atoms with Gasteiger partial charge in [0.05, 0.1) is 165 Å². The number of hydrogen-bond acceptors (Lipinski definition) is 16. The topological polar surface area (TPSA) is 163 Å². The van der Waals surface area contributed by atoms with Crippen molar-refractivity contribution in [2.24, 2.45) is 0 Å². The number of benzene rings is 1. The monoisotopic (exact) mass is 1050 g/mol. The van der Waals surface area contributed by atoms with Gasteiger partial charge in [-0.3, -0.25) is 9.59 Å². The molecule has 1 rings (SSSR count). The van der Waals surface area contributed by atoms with Gasteiger partial charge >= 0.3 is 11.9 Å². The maximum atomic E-state index is 13.6. The highest BCUT2D eigenvalue weighted by Gasteiger charge is 2.28. The number of halogens is 5. The molecule has 1 aromatic rings. The lowest BCUT2D eigenvalue weighted by Crippen LogP contribution is -2.16. The Morgan fingerprint density at radius 1 is 0.278 bits per heavy atom. The second-order valence-electron chi connectivity index (χ2n) is 16.4. The van der Waals surface area contributed by atoms with Crippen molar-refractivity contribution >= 4 is 11.9 Å². The molecule has 422 valence electrons. The molecule has 16 nitrogen and oxygen atoms in total. The predicted molar refractivity (Wildman–Crippen MR) is 257 cm³/mol. The van der Waals surface area contributed by atoms with Gasteiger partial charge in [0.1, 0.15) is 6.61 Å². The minimum atomic E-state index is -2.35. The van der Waals surface area contributed by atoms with E-state index in [0.29, 0.717) is 139 Å². The molecule has 0 amide bonds. The molecule has 0 unspecified atom stereocenters. The number of esters is 2. The van der Waals surface area contributed by atoms with Crippen LogP contribution < -0.4 is 4.74 Å². The van der Waals surface area contributed by atoms with Gasteiger partial charge < -0.3 is 66.3 Å². The minimum Gasteiger partial charge on any atom is -0.463 e. The van der Waals surface area contributed by atoms with Crippen LogP contribution in [0.4, 0.5) is 22.0 Å². The quantitative estimate of drug-likeness (QED) is 0.0152. The van der Waals surface area contributed by atoms with Gasteiger partial charge in [0.15, 0.2) is 0 Å². The normalized spacial score (nSPS) is 11.5. The number of carbonyl (C=O) groups excluding carboxylic acids is 2. The molecule has 0 atom stereocenters. The molecular weight excluding hydrogens is 964 g/mol. The summed E-state index contributed by atoms with van der Waals surface area (Å²) in [5, 5.41) is 0. The summed E-state index contributed by atoms with van der Waals surface area (Å²) in [5.74, 6) is -14.3. The van der Waals surface area contributed by atoms with E-state index in [-0.39, 0.29) is 39.0 Å². The van der Waals surface area contributed by atoms with Crippen LogP contribution in [0.1, 0.15) is 116 Å². The Kier molecular flexibility index (Phi) is 48.5. The molecule has 1 aromatic carbocycles. The van der Waals surface area contributed by atoms with Crippen molar-refractivity contribution in [3.8, 4) is 5.75 Å². The van der Waals surface area contributed by atoms with E-state index in [1.807, 2.05) is 0 Å². The van der Waals surface area contributed by atoms with Crippen molar-refractivity contribution in [2.45, 2.75) is 116 Å². The molecule has 0 saturated heterocycles. The van der Waals surface area contributed by atoms with Crippen LogP contribution >= 0.6 is 0 Å². The van der Waals surface area contributed by atoms with Crippen LogP contribution in [0.25, 0.3) is 0 Å². The molecule has 0 aliphatic carbocycles. The summed E-state index contributed by atoms with van der Waals surface area (Å²) in [6, 6.07) is 0. The van der Waals surface area contributed by atoms with Gasteiger partial charge in [-0.2, -0.15) is 8.78 Å². The Morgan fingerprint density at radius 3 is 0.806 bits per heavy atom. The molecule has 0 aromatic heterocycles. The smallest absolute Gasteiger partial charge is 0.313 e. The third-order valence-electron chi connectivity index (χ3n) is 10.4. The van der Waals surface area contributed by atoms with Gasteiger partial charge in [-0.05, 0) is 6.42 Å². The third-order valence-corrected chi connectivity index (χ3v) is 10.4. The van der Waals surface area contributed by atoms with E-state index >= 15 is 0 Å². The van der Waals surface area contributed by atoms with Gasteiger partial charge in [0.2, 0.25) is 34.8 Å². The van der Waals surface area contributed by atoms with E-state index < -0.39 is 47.2 Å². The molecule has 0 aliphatic heterocycles. The number of ether oxygens (including phenoxy) is 14. The highest BCUT2D eigenvalue weighted by atomic mass is 19.2. The number of rotatable bonds is 56. The highest BCUT2D eigenvalue weighted by Crippen LogP contribution is 2.29. The first-order valence-corrected chi connectivity index (χ1v) is 26.1. The van der Waals surface area contributed by atoms with Crippen LogP contribution in [0.3, 0.4) is 0 Å². The molecule has 0 fully saturated rings. The molecule has 0 spiro atoms. The van der Waals surface area contributed by atoms with Gasteiger partial charge in [0.25, 0.3) is 0 Å². The zero-order chi connectivity index (χ0) is 52.2. The summed E-state index contributed by atoms with van der Waals surface area (Å²) in [5.41, 5.74) is 0. The zero-order valence-corrected chi connectivity index (χ0v) is 43.1. The fourth-order valence-corrected chi connectivity index (χ4v) is 6.44. The summed E-state index contributed by atoms with van der Waals surface area (Å²) in [7, 11) is 0. The maximum absolute atomic E-state index is 13.6. The summed E-state index contributed by atoms with van der Waals surface area (Å²) >= 11 is 0. The van der Waals surface area contributed by atoms with Crippen LogP contribution in [0.15, 0.2) is 0 Å². The van der Waals surface area contributed by atoms with Crippen LogP contribution in [-0.4, -0.2) is 177 Å². The lowest BCUT2D eigenvalue weighted by Gasteiger charge is -2.09. The lowest BCUT2D eigenvalue weighted by molar-refractivity contribution is -0.145. The highest BCUT2D eigenvalue weighted by molar-refractivity contribution is 5.72. The second-order valence-corrected chi connectivity index (χ2v) is 16.4. The van der Waals surface area contributed by atoms with Crippen LogP contribution in [0.2, 0.25) is 0 Å². The Morgan fingerprint density at radius 2 is 0.514 bits per heavy atom. The van der Waals surface area contributed by atoms with E-state index in [4.69, 9.17) is 61.6 Å². The molecule has 21 heteroatoms.